The molecular formula is C10H14N6O. The molecule has 0 aliphatic heterocycles. The number of nitrogens with one attached hydrogen (secondary N) is 2. The van der Waals surface area contributed by atoms with E-state index in [1.54, 1.807) is 14.0 Å². The second-order valence-corrected chi connectivity index (χ2v) is 3.78. The molecule has 0 aliphatic rings. The Morgan fingerprint density at radius 3 is 2.76 bits per heavy atom. The molecule has 0 aromatic carbocycles. The minimum absolute atomic E-state index is 0.193. The summed E-state index contributed by atoms with van der Waals surface area (Å²) in [7, 11) is 1.72. The molecule has 0 fully saturated rings. The molecule has 2 aromatic heterocycles. The van der Waals surface area contributed by atoms with E-state index >= 15 is 0 Å². The van der Waals surface area contributed by atoms with Gasteiger partial charge in [0.1, 0.15) is 5.69 Å². The third-order valence-corrected chi connectivity index (χ3v) is 2.54. The van der Waals surface area contributed by atoms with Crippen LogP contribution in [0.15, 0.2) is 9.90 Å². The van der Waals surface area contributed by atoms with Crippen molar-refractivity contribution in [2.24, 2.45) is 5.10 Å². The lowest BCUT2D eigenvalue weighted by Crippen LogP contribution is -2.20. The topological polar surface area (TPSA) is 87.4 Å². The molecule has 0 spiro atoms. The zero-order chi connectivity index (χ0) is 12.6. The second-order valence-electron chi connectivity index (χ2n) is 3.78. The summed E-state index contributed by atoms with van der Waals surface area (Å²) < 4.78 is 1.39. The molecule has 7 nitrogen and oxygen atoms in total. The summed E-state index contributed by atoms with van der Waals surface area (Å²) >= 11 is 0. The predicted octanol–water partition coefficient (Wildman–Crippen LogP) is -0.0222. The number of hydrazone groups is 1. The number of aromatic amines is 1. The van der Waals surface area contributed by atoms with Gasteiger partial charge in [0.05, 0.1) is 11.3 Å². The summed E-state index contributed by atoms with van der Waals surface area (Å²) in [5, 5.41) is 14.9. The molecule has 0 amide bonds. The molecule has 0 unspecified atom stereocenters. The van der Waals surface area contributed by atoms with Gasteiger partial charge in [0.25, 0.3) is 5.56 Å². The molecule has 0 bridgehead atoms. The number of fused-ring (bicyclic) bond motifs is 1. The molecule has 0 saturated heterocycles. The Kier molecular flexibility index (Phi) is 2.66. The first-order chi connectivity index (χ1) is 8.06. The first-order valence-corrected chi connectivity index (χ1v) is 5.22. The maximum Gasteiger partial charge on any atom is 0.294 e. The maximum absolute atomic E-state index is 11.8. The lowest BCUT2D eigenvalue weighted by atomic mass is 10.2. The third-order valence-electron chi connectivity index (χ3n) is 2.54. The van der Waals surface area contributed by atoms with Crippen LogP contribution in [0.4, 0.5) is 0 Å². The number of H-pyrrole nitrogens is 1. The van der Waals surface area contributed by atoms with E-state index < -0.39 is 0 Å². The number of nitrogens with zero attached hydrogens (tertiary/aromatic N) is 4. The van der Waals surface area contributed by atoms with Gasteiger partial charge in [-0.25, -0.2) is 0 Å². The molecular weight excluding hydrogens is 220 g/mol. The Morgan fingerprint density at radius 2 is 2.12 bits per heavy atom. The number of aryl methyl sites for hydroxylation is 2. The number of rotatable bonds is 2. The lowest BCUT2D eigenvalue weighted by molar-refractivity contribution is 0.817. The normalized spacial score (nSPS) is 12.1. The van der Waals surface area contributed by atoms with E-state index in [1.807, 2.05) is 13.8 Å². The fourth-order valence-electron chi connectivity index (χ4n) is 1.78. The van der Waals surface area contributed by atoms with Gasteiger partial charge >= 0.3 is 0 Å². The molecule has 0 atom stereocenters. The van der Waals surface area contributed by atoms with E-state index in [9.17, 15) is 4.79 Å². The monoisotopic (exact) mass is 234 g/mol. The van der Waals surface area contributed by atoms with Crippen molar-refractivity contribution in [1.82, 2.24) is 25.2 Å². The maximum atomic E-state index is 11.8. The van der Waals surface area contributed by atoms with Crippen LogP contribution >= 0.6 is 0 Å². The van der Waals surface area contributed by atoms with Gasteiger partial charge in [0, 0.05) is 12.7 Å². The van der Waals surface area contributed by atoms with Crippen molar-refractivity contribution >= 4 is 11.4 Å². The minimum Gasteiger partial charge on any atom is -0.313 e. The van der Waals surface area contributed by atoms with Crippen LogP contribution in [-0.4, -0.2) is 32.6 Å². The standard InChI is InChI=1S/C10H14N6O/c1-5(12-11-4)8-6(2)15-16-9(8)14-13-7(3)10(16)17/h11,15H,1-4H3/b12-5+. The average molecular weight is 234 g/mol. The van der Waals surface area contributed by atoms with Crippen molar-refractivity contribution in [3.63, 3.8) is 0 Å². The van der Waals surface area contributed by atoms with Gasteiger partial charge in [-0.2, -0.15) is 9.62 Å². The lowest BCUT2D eigenvalue weighted by Gasteiger charge is -1.98. The van der Waals surface area contributed by atoms with Crippen molar-refractivity contribution in [3.05, 3.63) is 27.3 Å². The van der Waals surface area contributed by atoms with Crippen LogP contribution in [0.3, 0.4) is 0 Å². The number of hydrogen-bond donors (Lipinski definition) is 2. The molecule has 2 rings (SSSR count). The molecule has 17 heavy (non-hydrogen) atoms. The van der Waals surface area contributed by atoms with Gasteiger partial charge in [0.2, 0.25) is 0 Å². The summed E-state index contributed by atoms with van der Waals surface area (Å²) in [6.45, 7) is 5.35. The highest BCUT2D eigenvalue weighted by Crippen LogP contribution is 2.12. The van der Waals surface area contributed by atoms with E-state index in [4.69, 9.17) is 0 Å². The Balaban J connectivity index is 2.82. The highest BCUT2D eigenvalue weighted by molar-refractivity contribution is 6.04. The van der Waals surface area contributed by atoms with Crippen LogP contribution in [-0.2, 0) is 0 Å². The van der Waals surface area contributed by atoms with Gasteiger partial charge in [-0.15, -0.1) is 10.2 Å². The summed E-state index contributed by atoms with van der Waals surface area (Å²) in [5.41, 5.74) is 5.75. The van der Waals surface area contributed by atoms with Gasteiger partial charge in [-0.05, 0) is 20.8 Å². The highest BCUT2D eigenvalue weighted by atomic mass is 16.1. The van der Waals surface area contributed by atoms with E-state index in [0.29, 0.717) is 11.3 Å². The molecule has 2 N–H and O–H groups in total. The molecule has 90 valence electrons. The minimum atomic E-state index is -0.193. The van der Waals surface area contributed by atoms with Gasteiger partial charge < -0.3 is 5.43 Å². The Bertz CT molecular complexity index is 651. The van der Waals surface area contributed by atoms with Gasteiger partial charge in [-0.3, -0.25) is 9.89 Å². The van der Waals surface area contributed by atoms with E-state index in [-0.39, 0.29) is 5.56 Å². The van der Waals surface area contributed by atoms with Crippen LogP contribution in [0.1, 0.15) is 23.9 Å². The van der Waals surface area contributed by atoms with Crippen molar-refractivity contribution in [2.45, 2.75) is 20.8 Å². The van der Waals surface area contributed by atoms with Crippen molar-refractivity contribution in [3.8, 4) is 0 Å². The van der Waals surface area contributed by atoms with E-state index in [0.717, 1.165) is 17.0 Å². The summed E-state index contributed by atoms with van der Waals surface area (Å²) in [4.78, 5) is 11.8. The van der Waals surface area contributed by atoms with E-state index in [1.165, 1.54) is 4.52 Å². The van der Waals surface area contributed by atoms with Crippen LogP contribution < -0.4 is 11.0 Å². The Labute approximate surface area is 97.5 Å². The SMILES string of the molecule is CN/N=C(\C)c1c(C)[nH]n2c(=O)c(C)nnc12. The van der Waals surface area contributed by atoms with Crippen molar-refractivity contribution in [2.75, 3.05) is 7.05 Å². The zero-order valence-corrected chi connectivity index (χ0v) is 10.2. The first-order valence-electron chi connectivity index (χ1n) is 5.22. The van der Waals surface area contributed by atoms with Crippen molar-refractivity contribution < 1.29 is 0 Å². The van der Waals surface area contributed by atoms with Crippen LogP contribution in [0.25, 0.3) is 5.65 Å². The largest absolute Gasteiger partial charge is 0.313 e. The van der Waals surface area contributed by atoms with E-state index in [2.05, 4.69) is 25.8 Å². The molecule has 0 aliphatic carbocycles. The predicted molar refractivity (Wildman–Crippen MR) is 64.4 cm³/mol. The Hall–Kier alpha value is -2.18. The van der Waals surface area contributed by atoms with Crippen LogP contribution in [0.2, 0.25) is 0 Å². The average Bonchev–Trinajstić information content (AvgIpc) is 2.61. The summed E-state index contributed by atoms with van der Waals surface area (Å²) in [5.74, 6) is 0. The number of aromatic nitrogens is 4. The quantitative estimate of drug-likeness (QED) is 0.564. The second kappa shape index (κ2) is 4.00. The summed E-state index contributed by atoms with van der Waals surface area (Å²) in [6, 6.07) is 0. The van der Waals surface area contributed by atoms with Gasteiger partial charge in [0.15, 0.2) is 5.65 Å². The molecule has 0 radical (unpaired) electrons. The fraction of sp³-hybridized carbons (Fsp3) is 0.400. The third kappa shape index (κ3) is 1.69. The van der Waals surface area contributed by atoms with Gasteiger partial charge in [-0.1, -0.05) is 0 Å². The zero-order valence-electron chi connectivity index (χ0n) is 10.2. The number of hydrogen-bond acceptors (Lipinski definition) is 5. The molecule has 2 heterocycles. The Morgan fingerprint density at radius 1 is 1.41 bits per heavy atom. The first kappa shape index (κ1) is 11.3. The summed E-state index contributed by atoms with van der Waals surface area (Å²) in [6.07, 6.45) is 0. The molecule has 7 heteroatoms. The van der Waals surface area contributed by atoms with Crippen LogP contribution in [0, 0.1) is 13.8 Å². The molecule has 0 saturated carbocycles. The van der Waals surface area contributed by atoms with Crippen molar-refractivity contribution in [1.29, 1.82) is 0 Å². The smallest absolute Gasteiger partial charge is 0.294 e. The van der Waals surface area contributed by atoms with Crippen LogP contribution in [0.5, 0.6) is 0 Å². The fourth-order valence-corrected chi connectivity index (χ4v) is 1.78. The highest BCUT2D eigenvalue weighted by Gasteiger charge is 2.15. The molecule has 2 aromatic rings.